The molecule has 0 unspecified atom stereocenters. The molecule has 0 aromatic heterocycles. The standard InChI is InChI=1S/C20H41ClOSi/c1-20(2)19-22-17-15-13-11-9-7-5-6-8-10-12-14-16-18-23(3,4)21/h1,5-19H2,2-4H3. The summed E-state index contributed by atoms with van der Waals surface area (Å²) in [5.74, 6) is 0. The maximum absolute atomic E-state index is 6.33. The first-order chi connectivity index (χ1) is 10.9. The van der Waals surface area contributed by atoms with Gasteiger partial charge in [-0.3, -0.25) is 0 Å². The summed E-state index contributed by atoms with van der Waals surface area (Å²) in [6.07, 6.45) is 16.5. The molecule has 0 aliphatic heterocycles. The van der Waals surface area contributed by atoms with E-state index in [1.807, 2.05) is 6.92 Å². The predicted octanol–water partition coefficient (Wildman–Crippen LogP) is 7.70. The van der Waals surface area contributed by atoms with E-state index in [1.54, 1.807) is 0 Å². The van der Waals surface area contributed by atoms with Crippen molar-refractivity contribution < 1.29 is 4.74 Å². The summed E-state index contributed by atoms with van der Waals surface area (Å²) in [5, 5.41) is 0. The molecule has 1 nitrogen and oxygen atoms in total. The van der Waals surface area contributed by atoms with Crippen LogP contribution in [0.3, 0.4) is 0 Å². The largest absolute Gasteiger partial charge is 0.377 e. The minimum Gasteiger partial charge on any atom is -0.377 e. The summed E-state index contributed by atoms with van der Waals surface area (Å²) >= 11 is 6.33. The van der Waals surface area contributed by atoms with Gasteiger partial charge >= 0.3 is 0 Å². The number of unbranched alkanes of at least 4 members (excludes halogenated alkanes) is 11. The van der Waals surface area contributed by atoms with Crippen LogP contribution < -0.4 is 0 Å². The van der Waals surface area contributed by atoms with Crippen molar-refractivity contribution in [3.63, 3.8) is 0 Å². The normalized spacial score (nSPS) is 11.8. The molecule has 0 aromatic rings. The van der Waals surface area contributed by atoms with Crippen LogP contribution in [0.4, 0.5) is 0 Å². The maximum atomic E-state index is 6.33. The maximum Gasteiger partial charge on any atom is 0.150 e. The summed E-state index contributed by atoms with van der Waals surface area (Å²) in [6.45, 7) is 12.0. The van der Waals surface area contributed by atoms with E-state index in [-0.39, 0.29) is 0 Å². The summed E-state index contributed by atoms with van der Waals surface area (Å²) < 4.78 is 5.51. The monoisotopic (exact) mass is 360 g/mol. The Bertz CT molecular complexity index is 273. The third-order valence-corrected chi connectivity index (χ3v) is 6.27. The third-order valence-electron chi connectivity index (χ3n) is 4.16. The summed E-state index contributed by atoms with van der Waals surface area (Å²) in [4.78, 5) is 0. The average molecular weight is 361 g/mol. The van der Waals surface area contributed by atoms with E-state index >= 15 is 0 Å². The molecule has 0 spiro atoms. The number of halogens is 1. The van der Waals surface area contributed by atoms with Crippen molar-refractivity contribution in [2.45, 2.75) is 103 Å². The van der Waals surface area contributed by atoms with Gasteiger partial charge in [-0.05, 0) is 19.4 Å². The van der Waals surface area contributed by atoms with E-state index in [2.05, 4.69) is 19.7 Å². The first-order valence-electron chi connectivity index (χ1n) is 9.83. The van der Waals surface area contributed by atoms with Crippen LogP contribution >= 0.6 is 11.1 Å². The molecule has 0 heterocycles. The van der Waals surface area contributed by atoms with E-state index in [0.29, 0.717) is 0 Å². The minimum absolute atomic E-state index is 0.728. The van der Waals surface area contributed by atoms with Gasteiger partial charge in [0.25, 0.3) is 0 Å². The van der Waals surface area contributed by atoms with Crippen molar-refractivity contribution in [3.05, 3.63) is 12.2 Å². The second-order valence-electron chi connectivity index (χ2n) is 7.72. The van der Waals surface area contributed by atoms with Crippen LogP contribution in [0.1, 0.15) is 84.0 Å². The molecule has 138 valence electrons. The molecule has 0 N–H and O–H groups in total. The van der Waals surface area contributed by atoms with Gasteiger partial charge in [0.05, 0.1) is 6.61 Å². The molecular weight excluding hydrogens is 320 g/mol. The van der Waals surface area contributed by atoms with Crippen LogP contribution in [0.25, 0.3) is 0 Å². The Morgan fingerprint density at radius 2 is 1.17 bits per heavy atom. The van der Waals surface area contributed by atoms with Gasteiger partial charge in [-0.15, -0.1) is 0 Å². The fourth-order valence-corrected chi connectivity index (χ4v) is 4.26. The highest BCUT2D eigenvalue weighted by Crippen LogP contribution is 2.19. The predicted molar refractivity (Wildman–Crippen MR) is 109 cm³/mol. The second-order valence-corrected chi connectivity index (χ2v) is 14.7. The lowest BCUT2D eigenvalue weighted by atomic mass is 10.1. The zero-order chi connectivity index (χ0) is 17.4. The molecule has 0 fully saturated rings. The molecule has 23 heavy (non-hydrogen) atoms. The third kappa shape index (κ3) is 22.2. The van der Waals surface area contributed by atoms with Crippen molar-refractivity contribution >= 4 is 18.5 Å². The van der Waals surface area contributed by atoms with Crippen LogP contribution in [0.2, 0.25) is 19.1 Å². The molecule has 0 aliphatic rings. The van der Waals surface area contributed by atoms with Gasteiger partial charge in [0.2, 0.25) is 0 Å². The highest BCUT2D eigenvalue weighted by molar-refractivity contribution is 7.19. The number of rotatable bonds is 17. The molecular formula is C20H41ClOSi. The van der Waals surface area contributed by atoms with Crippen molar-refractivity contribution in [3.8, 4) is 0 Å². The second kappa shape index (κ2) is 15.7. The Labute approximate surface area is 151 Å². The summed E-state index contributed by atoms with van der Waals surface area (Å²) in [7, 11) is -1.31. The molecule has 0 amide bonds. The molecule has 0 saturated heterocycles. The van der Waals surface area contributed by atoms with Gasteiger partial charge in [0.1, 0.15) is 7.38 Å². The molecule has 0 atom stereocenters. The van der Waals surface area contributed by atoms with Crippen LogP contribution in [0.5, 0.6) is 0 Å². The lowest BCUT2D eigenvalue weighted by Gasteiger charge is -2.11. The van der Waals surface area contributed by atoms with Crippen LogP contribution in [0.15, 0.2) is 12.2 Å². The van der Waals surface area contributed by atoms with Gasteiger partial charge in [-0.1, -0.05) is 95.9 Å². The molecule has 0 rings (SSSR count). The van der Waals surface area contributed by atoms with Crippen LogP contribution in [0, 0.1) is 0 Å². The molecule has 3 heteroatoms. The average Bonchev–Trinajstić information content (AvgIpc) is 2.45. The zero-order valence-electron chi connectivity index (χ0n) is 16.1. The molecule has 0 bridgehead atoms. The highest BCUT2D eigenvalue weighted by Gasteiger charge is 2.15. The Morgan fingerprint density at radius 3 is 1.57 bits per heavy atom. The van der Waals surface area contributed by atoms with E-state index in [1.165, 1.54) is 83.1 Å². The molecule has 0 radical (unpaired) electrons. The van der Waals surface area contributed by atoms with Gasteiger partial charge < -0.3 is 4.74 Å². The molecule has 0 saturated carbocycles. The van der Waals surface area contributed by atoms with Gasteiger partial charge in [0, 0.05) is 6.61 Å². The van der Waals surface area contributed by atoms with Crippen molar-refractivity contribution in [1.29, 1.82) is 0 Å². The summed E-state index contributed by atoms with van der Waals surface area (Å²) in [5.41, 5.74) is 1.12. The van der Waals surface area contributed by atoms with E-state index in [4.69, 9.17) is 15.8 Å². The van der Waals surface area contributed by atoms with Crippen LogP contribution in [-0.4, -0.2) is 20.6 Å². The SMILES string of the molecule is C=C(C)COCCCCCCCCCCCCCC[Si](C)(C)Cl. The Hall–Kier alpha value is 0.207. The number of ether oxygens (including phenoxy) is 1. The van der Waals surface area contributed by atoms with Gasteiger partial charge in [-0.25, -0.2) is 0 Å². The fraction of sp³-hybridized carbons (Fsp3) is 0.900. The Morgan fingerprint density at radius 1 is 0.783 bits per heavy atom. The fourth-order valence-electron chi connectivity index (χ4n) is 2.76. The van der Waals surface area contributed by atoms with E-state index in [9.17, 15) is 0 Å². The number of hydrogen-bond acceptors (Lipinski definition) is 1. The van der Waals surface area contributed by atoms with Gasteiger partial charge in [0.15, 0.2) is 0 Å². The number of hydrogen-bond donors (Lipinski definition) is 0. The van der Waals surface area contributed by atoms with Crippen molar-refractivity contribution in [2.75, 3.05) is 13.2 Å². The highest BCUT2D eigenvalue weighted by atomic mass is 35.6. The molecule has 0 aromatic carbocycles. The Balaban J connectivity index is 3.04. The zero-order valence-corrected chi connectivity index (χ0v) is 17.9. The summed E-state index contributed by atoms with van der Waals surface area (Å²) in [6, 6.07) is 1.28. The van der Waals surface area contributed by atoms with Crippen molar-refractivity contribution in [2.24, 2.45) is 0 Å². The quantitative estimate of drug-likeness (QED) is 0.112. The lowest BCUT2D eigenvalue weighted by Crippen LogP contribution is -2.14. The van der Waals surface area contributed by atoms with E-state index < -0.39 is 7.38 Å². The van der Waals surface area contributed by atoms with E-state index in [0.717, 1.165) is 18.8 Å². The van der Waals surface area contributed by atoms with Gasteiger partial charge in [-0.2, -0.15) is 11.1 Å². The van der Waals surface area contributed by atoms with Crippen molar-refractivity contribution in [1.82, 2.24) is 0 Å². The smallest absolute Gasteiger partial charge is 0.150 e. The van der Waals surface area contributed by atoms with Crippen LogP contribution in [-0.2, 0) is 4.74 Å². The lowest BCUT2D eigenvalue weighted by molar-refractivity contribution is 0.151. The first kappa shape index (κ1) is 23.2. The Kier molecular flexibility index (Phi) is 15.9. The molecule has 0 aliphatic carbocycles. The minimum atomic E-state index is -1.31. The first-order valence-corrected chi connectivity index (χ1v) is 14.0. The topological polar surface area (TPSA) is 9.23 Å².